The molecule has 1 aliphatic heterocycles. The highest BCUT2D eigenvalue weighted by Crippen LogP contribution is 2.33. The van der Waals surface area contributed by atoms with Crippen LogP contribution in [-0.4, -0.2) is 38.3 Å². The molecular formula is C15H31NO. The predicted octanol–water partition coefficient (Wildman–Crippen LogP) is 3.42. The molecule has 0 spiro atoms. The lowest BCUT2D eigenvalue weighted by Crippen LogP contribution is -2.23. The van der Waals surface area contributed by atoms with Gasteiger partial charge in [-0.2, -0.15) is 0 Å². The molecule has 0 amide bonds. The number of methoxy groups -OCH3 is 1. The Morgan fingerprint density at radius 3 is 2.59 bits per heavy atom. The van der Waals surface area contributed by atoms with E-state index in [1.807, 2.05) is 0 Å². The van der Waals surface area contributed by atoms with E-state index in [2.05, 4.69) is 25.7 Å². The molecule has 2 atom stereocenters. The quantitative estimate of drug-likeness (QED) is 0.604. The third-order valence-electron chi connectivity index (χ3n) is 4.17. The van der Waals surface area contributed by atoms with E-state index in [0.29, 0.717) is 0 Å². The summed E-state index contributed by atoms with van der Waals surface area (Å²) in [6, 6.07) is 0. The largest absolute Gasteiger partial charge is 0.385 e. The summed E-state index contributed by atoms with van der Waals surface area (Å²) in [7, 11) is 1.80. The molecule has 1 rings (SSSR count). The Balaban J connectivity index is 2.36. The van der Waals surface area contributed by atoms with Gasteiger partial charge in [0.05, 0.1) is 0 Å². The van der Waals surface area contributed by atoms with Gasteiger partial charge in [-0.1, -0.05) is 33.6 Å². The highest BCUT2D eigenvalue weighted by Gasteiger charge is 2.33. The topological polar surface area (TPSA) is 12.5 Å². The van der Waals surface area contributed by atoms with E-state index in [0.717, 1.165) is 24.4 Å². The summed E-state index contributed by atoms with van der Waals surface area (Å²) in [5.41, 5.74) is 0. The number of likely N-dealkylation sites (tertiary alicyclic amines) is 1. The second-order valence-electron chi connectivity index (χ2n) is 5.92. The van der Waals surface area contributed by atoms with Crippen LogP contribution in [0.15, 0.2) is 0 Å². The van der Waals surface area contributed by atoms with E-state index in [-0.39, 0.29) is 0 Å². The highest BCUT2D eigenvalue weighted by molar-refractivity contribution is 4.85. The second-order valence-corrected chi connectivity index (χ2v) is 5.92. The normalized spacial score (nSPS) is 25.9. The Bertz CT molecular complexity index is 193. The van der Waals surface area contributed by atoms with Crippen molar-refractivity contribution in [1.29, 1.82) is 0 Å². The zero-order valence-corrected chi connectivity index (χ0v) is 12.2. The van der Waals surface area contributed by atoms with Crippen molar-refractivity contribution in [3.05, 3.63) is 0 Å². The van der Waals surface area contributed by atoms with E-state index in [9.17, 15) is 0 Å². The van der Waals surface area contributed by atoms with Crippen LogP contribution in [0.1, 0.15) is 46.5 Å². The first-order chi connectivity index (χ1) is 8.19. The fraction of sp³-hybridized carbons (Fsp3) is 1.00. The number of unbranched alkanes of at least 4 members (excludes halogenated alkanes) is 1. The molecule has 17 heavy (non-hydrogen) atoms. The van der Waals surface area contributed by atoms with E-state index in [1.165, 1.54) is 45.3 Å². The van der Waals surface area contributed by atoms with Crippen LogP contribution < -0.4 is 0 Å². The van der Waals surface area contributed by atoms with Crippen molar-refractivity contribution in [3.8, 4) is 0 Å². The SMILES string of the molecule is CCCCC1CN(CCCOC)CC1C(C)C. The summed E-state index contributed by atoms with van der Waals surface area (Å²) in [4.78, 5) is 2.66. The molecule has 102 valence electrons. The number of rotatable bonds is 8. The molecule has 1 saturated heterocycles. The number of ether oxygens (including phenoxy) is 1. The van der Waals surface area contributed by atoms with Crippen LogP contribution >= 0.6 is 0 Å². The third kappa shape index (κ3) is 4.97. The molecule has 0 aromatic rings. The molecule has 0 N–H and O–H groups in total. The minimum Gasteiger partial charge on any atom is -0.385 e. The molecule has 1 heterocycles. The Hall–Kier alpha value is -0.0800. The number of hydrogen-bond acceptors (Lipinski definition) is 2. The van der Waals surface area contributed by atoms with Gasteiger partial charge in [0.25, 0.3) is 0 Å². The van der Waals surface area contributed by atoms with Gasteiger partial charge in [-0.05, 0) is 30.6 Å². The monoisotopic (exact) mass is 241 g/mol. The molecule has 0 radical (unpaired) electrons. The lowest BCUT2D eigenvalue weighted by atomic mass is 9.83. The van der Waals surface area contributed by atoms with E-state index in [1.54, 1.807) is 7.11 Å². The lowest BCUT2D eigenvalue weighted by molar-refractivity contribution is 0.177. The summed E-state index contributed by atoms with van der Waals surface area (Å²) >= 11 is 0. The van der Waals surface area contributed by atoms with Gasteiger partial charge in [-0.3, -0.25) is 0 Å². The Morgan fingerprint density at radius 2 is 2.00 bits per heavy atom. The molecular weight excluding hydrogens is 210 g/mol. The van der Waals surface area contributed by atoms with Crippen molar-refractivity contribution in [2.45, 2.75) is 46.5 Å². The van der Waals surface area contributed by atoms with E-state index >= 15 is 0 Å². The molecule has 0 aromatic heterocycles. The van der Waals surface area contributed by atoms with Crippen LogP contribution in [0.3, 0.4) is 0 Å². The fourth-order valence-corrected chi connectivity index (χ4v) is 3.13. The zero-order chi connectivity index (χ0) is 12.7. The van der Waals surface area contributed by atoms with Crippen LogP contribution in [0.4, 0.5) is 0 Å². The molecule has 0 bridgehead atoms. The summed E-state index contributed by atoms with van der Waals surface area (Å²) in [5, 5.41) is 0. The van der Waals surface area contributed by atoms with Crippen molar-refractivity contribution >= 4 is 0 Å². The predicted molar refractivity (Wildman–Crippen MR) is 74.3 cm³/mol. The summed E-state index contributed by atoms with van der Waals surface area (Å²) in [5.74, 6) is 2.70. The molecule has 2 heteroatoms. The summed E-state index contributed by atoms with van der Waals surface area (Å²) in [6.07, 6.45) is 5.35. The van der Waals surface area contributed by atoms with Gasteiger partial charge in [0.2, 0.25) is 0 Å². The van der Waals surface area contributed by atoms with Crippen molar-refractivity contribution in [2.75, 3.05) is 33.4 Å². The number of hydrogen-bond donors (Lipinski definition) is 0. The van der Waals surface area contributed by atoms with Gasteiger partial charge in [-0.15, -0.1) is 0 Å². The maximum Gasteiger partial charge on any atom is 0.0474 e. The molecule has 1 fully saturated rings. The first-order valence-corrected chi connectivity index (χ1v) is 7.40. The van der Waals surface area contributed by atoms with Crippen LogP contribution in [0, 0.1) is 17.8 Å². The fourth-order valence-electron chi connectivity index (χ4n) is 3.13. The Morgan fingerprint density at radius 1 is 1.24 bits per heavy atom. The zero-order valence-electron chi connectivity index (χ0n) is 12.2. The minimum atomic E-state index is 0.837. The highest BCUT2D eigenvalue weighted by atomic mass is 16.5. The molecule has 2 unspecified atom stereocenters. The Kier molecular flexibility index (Phi) is 7.14. The smallest absolute Gasteiger partial charge is 0.0474 e. The minimum absolute atomic E-state index is 0.837. The van der Waals surface area contributed by atoms with Crippen LogP contribution in [0.25, 0.3) is 0 Å². The van der Waals surface area contributed by atoms with Crippen molar-refractivity contribution < 1.29 is 4.74 Å². The van der Waals surface area contributed by atoms with Gasteiger partial charge >= 0.3 is 0 Å². The first kappa shape index (κ1) is 15.0. The molecule has 0 aromatic carbocycles. The van der Waals surface area contributed by atoms with Crippen molar-refractivity contribution in [3.63, 3.8) is 0 Å². The average molecular weight is 241 g/mol. The molecule has 2 nitrogen and oxygen atoms in total. The third-order valence-corrected chi connectivity index (χ3v) is 4.17. The van der Waals surface area contributed by atoms with Gasteiger partial charge in [0.1, 0.15) is 0 Å². The summed E-state index contributed by atoms with van der Waals surface area (Å²) in [6.45, 7) is 11.9. The van der Waals surface area contributed by atoms with Crippen molar-refractivity contribution in [1.82, 2.24) is 4.90 Å². The average Bonchev–Trinajstić information content (AvgIpc) is 2.70. The first-order valence-electron chi connectivity index (χ1n) is 7.40. The molecule has 0 saturated carbocycles. The second kappa shape index (κ2) is 8.10. The lowest BCUT2D eigenvalue weighted by Gasteiger charge is -2.21. The van der Waals surface area contributed by atoms with Crippen LogP contribution in [0.5, 0.6) is 0 Å². The maximum atomic E-state index is 5.14. The Labute approximate surface area is 108 Å². The summed E-state index contributed by atoms with van der Waals surface area (Å²) < 4.78 is 5.14. The van der Waals surface area contributed by atoms with E-state index < -0.39 is 0 Å². The van der Waals surface area contributed by atoms with E-state index in [4.69, 9.17) is 4.74 Å². The van der Waals surface area contributed by atoms with Crippen molar-refractivity contribution in [2.24, 2.45) is 17.8 Å². The van der Waals surface area contributed by atoms with Gasteiger partial charge in [0.15, 0.2) is 0 Å². The number of nitrogens with zero attached hydrogens (tertiary/aromatic N) is 1. The maximum absolute atomic E-state index is 5.14. The van der Waals surface area contributed by atoms with Gasteiger partial charge in [-0.25, -0.2) is 0 Å². The standard InChI is InChI=1S/C15H31NO/c1-5-6-8-14-11-16(9-7-10-17-4)12-15(14)13(2)3/h13-15H,5-12H2,1-4H3. The van der Waals surface area contributed by atoms with Gasteiger partial charge < -0.3 is 9.64 Å². The molecule has 1 aliphatic rings. The van der Waals surface area contributed by atoms with Crippen LogP contribution in [-0.2, 0) is 4.74 Å². The molecule has 0 aliphatic carbocycles. The van der Waals surface area contributed by atoms with Gasteiger partial charge in [0, 0.05) is 33.4 Å². The van der Waals surface area contributed by atoms with Crippen LogP contribution in [0.2, 0.25) is 0 Å².